The Morgan fingerprint density at radius 3 is 2.51 bits per heavy atom. The summed E-state index contributed by atoms with van der Waals surface area (Å²) in [5.74, 6) is 10.3. The molecule has 4 atom stereocenters. The van der Waals surface area contributed by atoms with Gasteiger partial charge in [0, 0.05) is 23.9 Å². The van der Waals surface area contributed by atoms with Crippen molar-refractivity contribution >= 4 is 48.6 Å². The van der Waals surface area contributed by atoms with Crippen LogP contribution < -0.4 is 17.0 Å². The first-order valence-corrected chi connectivity index (χ1v) is 16.5. The van der Waals surface area contributed by atoms with Crippen LogP contribution in [0.5, 0.6) is 0 Å². The van der Waals surface area contributed by atoms with Crippen LogP contribution in [-0.2, 0) is 9.22 Å². The Kier molecular flexibility index (Phi) is 7.79. The lowest BCUT2D eigenvalue weighted by atomic mass is 9.77. The second kappa shape index (κ2) is 10.6. The van der Waals surface area contributed by atoms with Crippen LogP contribution in [0.1, 0.15) is 55.8 Å². The molecule has 13 heteroatoms. The van der Waals surface area contributed by atoms with Crippen molar-refractivity contribution in [2.45, 2.75) is 64.9 Å². The van der Waals surface area contributed by atoms with Crippen molar-refractivity contribution in [3.63, 3.8) is 0 Å². The van der Waals surface area contributed by atoms with Gasteiger partial charge < -0.3 is 21.4 Å². The minimum Gasteiger partial charge on any atom is -0.413 e. The monoisotopic (exact) mass is 568 g/mol. The molecule has 0 aliphatic carbocycles. The third kappa shape index (κ3) is 5.13. The maximum atomic E-state index is 14.0. The molecule has 3 aromatic heterocycles. The zero-order valence-electron chi connectivity index (χ0n) is 23.3. The van der Waals surface area contributed by atoms with Crippen molar-refractivity contribution in [2.24, 2.45) is 33.7 Å². The first-order chi connectivity index (χ1) is 18.3. The van der Waals surface area contributed by atoms with Crippen molar-refractivity contribution in [2.75, 3.05) is 0 Å². The van der Waals surface area contributed by atoms with Crippen LogP contribution in [0.15, 0.2) is 34.7 Å². The molecule has 1 aliphatic heterocycles. The molecule has 1 saturated heterocycles. The first-order valence-electron chi connectivity index (χ1n) is 12.8. The van der Waals surface area contributed by atoms with Gasteiger partial charge in [-0.25, -0.2) is 4.98 Å². The average Bonchev–Trinajstić information content (AvgIpc) is 3.39. The normalized spacial score (nSPS) is 19.9. The van der Waals surface area contributed by atoms with Crippen LogP contribution in [0.3, 0.4) is 0 Å². The number of nitrogens with zero attached hydrogens (tertiary/aromatic N) is 5. The molecule has 4 rings (SSSR count). The molecule has 1 amide bonds. The van der Waals surface area contributed by atoms with Gasteiger partial charge in [0.1, 0.15) is 10.5 Å². The number of carbonyl (C=O) groups is 2. The standard InChI is InChI=1S/C26H36N8O3SSi/c1-14(20-19(24(36)33-20)15(2)37-39(6,7)26(3,4)5)22(35)23-17(12-30-27)34-18(13-31-28)32-21(25(34)38-23)16-9-8-10-29-11-16/h8-15,19-20H,27-28H2,1-7H3,(H,33,36)/t14?,15-,19-,20-/m1/s1. The van der Waals surface area contributed by atoms with E-state index < -0.39 is 20.2 Å². The fraction of sp³-hybridized carbons (Fsp3) is 0.462. The van der Waals surface area contributed by atoms with E-state index in [1.807, 2.05) is 26.0 Å². The highest BCUT2D eigenvalue weighted by atomic mass is 32.1. The smallest absolute Gasteiger partial charge is 0.228 e. The maximum absolute atomic E-state index is 14.0. The van der Waals surface area contributed by atoms with Gasteiger partial charge in [-0.05, 0) is 37.2 Å². The van der Waals surface area contributed by atoms with Gasteiger partial charge in [-0.15, -0.1) is 11.3 Å². The van der Waals surface area contributed by atoms with Crippen molar-refractivity contribution < 1.29 is 14.0 Å². The quantitative estimate of drug-likeness (QED) is 0.0890. The number of ketones is 1. The Morgan fingerprint density at radius 2 is 1.95 bits per heavy atom. The number of β-lactam (4-membered cyclic amide) rings is 1. The average molecular weight is 569 g/mol. The number of imidazole rings is 1. The van der Waals surface area contributed by atoms with Crippen LogP contribution in [-0.4, -0.2) is 59.0 Å². The number of hydrazone groups is 2. The Labute approximate surface area is 232 Å². The van der Waals surface area contributed by atoms with Gasteiger partial charge in [0.15, 0.2) is 19.9 Å². The Morgan fingerprint density at radius 1 is 1.26 bits per heavy atom. The van der Waals surface area contributed by atoms with E-state index >= 15 is 0 Å². The van der Waals surface area contributed by atoms with Gasteiger partial charge in [-0.3, -0.25) is 19.0 Å². The number of carbonyl (C=O) groups excluding carboxylic acids is 2. The molecular formula is C26H36N8O3SSi. The van der Waals surface area contributed by atoms with E-state index in [0.29, 0.717) is 26.9 Å². The molecule has 11 nitrogen and oxygen atoms in total. The fourth-order valence-corrected chi connectivity index (χ4v) is 7.35. The largest absolute Gasteiger partial charge is 0.413 e. The van der Waals surface area contributed by atoms with Crippen molar-refractivity contribution in [1.29, 1.82) is 0 Å². The number of pyridine rings is 1. The lowest BCUT2D eigenvalue weighted by Crippen LogP contribution is -2.66. The zero-order valence-corrected chi connectivity index (χ0v) is 25.1. The van der Waals surface area contributed by atoms with Crippen LogP contribution in [0.2, 0.25) is 18.1 Å². The summed E-state index contributed by atoms with van der Waals surface area (Å²) in [5, 5.41) is 10.3. The molecule has 208 valence electrons. The molecule has 0 spiro atoms. The van der Waals surface area contributed by atoms with Gasteiger partial charge in [0.25, 0.3) is 0 Å². The number of hydrogen-bond donors (Lipinski definition) is 3. The van der Waals surface area contributed by atoms with E-state index in [2.05, 4.69) is 59.4 Å². The molecule has 39 heavy (non-hydrogen) atoms. The minimum absolute atomic E-state index is 0.00178. The van der Waals surface area contributed by atoms with E-state index in [9.17, 15) is 9.59 Å². The number of rotatable bonds is 9. The highest BCUT2D eigenvalue weighted by Crippen LogP contribution is 2.40. The number of fused-ring (bicyclic) bond motifs is 1. The molecule has 0 radical (unpaired) electrons. The number of nitrogens with two attached hydrogens (primary N) is 2. The summed E-state index contributed by atoms with van der Waals surface area (Å²) in [6.45, 7) is 14.6. The predicted octanol–water partition coefficient (Wildman–Crippen LogP) is 3.39. The van der Waals surface area contributed by atoms with E-state index in [-0.39, 0.29) is 28.9 Å². The summed E-state index contributed by atoms with van der Waals surface area (Å²) in [6.07, 6.45) is 5.89. The molecule has 1 aliphatic rings. The summed E-state index contributed by atoms with van der Waals surface area (Å²) in [5.41, 5.74) is 1.88. The maximum Gasteiger partial charge on any atom is 0.228 e. The van der Waals surface area contributed by atoms with Crippen LogP contribution >= 0.6 is 11.3 Å². The van der Waals surface area contributed by atoms with Gasteiger partial charge in [0.2, 0.25) is 5.91 Å². The van der Waals surface area contributed by atoms with Crippen molar-refractivity contribution in [3.05, 3.63) is 40.9 Å². The number of amides is 1. The topological polar surface area (TPSA) is 162 Å². The van der Waals surface area contributed by atoms with Gasteiger partial charge in [0.05, 0.1) is 41.1 Å². The Balaban J connectivity index is 1.72. The van der Waals surface area contributed by atoms with Gasteiger partial charge >= 0.3 is 0 Å². The van der Waals surface area contributed by atoms with Crippen LogP contribution in [0.25, 0.3) is 16.1 Å². The first kappa shape index (κ1) is 28.6. The number of aromatic nitrogens is 3. The molecular weight excluding hydrogens is 532 g/mol. The minimum atomic E-state index is -2.12. The lowest BCUT2D eigenvalue weighted by Gasteiger charge is -2.46. The summed E-state index contributed by atoms with van der Waals surface area (Å²) in [4.78, 5) is 36.7. The number of thiazole rings is 1. The molecule has 0 bridgehead atoms. The molecule has 1 fully saturated rings. The van der Waals surface area contributed by atoms with E-state index in [4.69, 9.17) is 16.1 Å². The summed E-state index contributed by atoms with van der Waals surface area (Å²) in [6, 6.07) is 3.33. The summed E-state index contributed by atoms with van der Waals surface area (Å²) in [7, 11) is -2.12. The predicted molar refractivity (Wildman–Crippen MR) is 157 cm³/mol. The number of Topliss-reactive ketones (excluding diaryl/α,β-unsaturated/α-hetero) is 1. The van der Waals surface area contributed by atoms with Crippen LogP contribution in [0, 0.1) is 11.8 Å². The highest BCUT2D eigenvalue weighted by molar-refractivity contribution is 7.20. The highest BCUT2D eigenvalue weighted by Gasteiger charge is 2.50. The molecule has 0 aromatic carbocycles. The second-order valence-electron chi connectivity index (χ2n) is 11.4. The van der Waals surface area contributed by atoms with Gasteiger partial charge in [-0.1, -0.05) is 27.7 Å². The molecule has 4 heterocycles. The van der Waals surface area contributed by atoms with E-state index in [1.54, 1.807) is 16.8 Å². The van der Waals surface area contributed by atoms with E-state index in [1.165, 1.54) is 23.8 Å². The molecule has 1 unspecified atom stereocenters. The number of nitrogens with one attached hydrogen (secondary N) is 1. The van der Waals surface area contributed by atoms with Gasteiger partial charge in [-0.2, -0.15) is 10.2 Å². The van der Waals surface area contributed by atoms with E-state index in [0.717, 1.165) is 5.56 Å². The Bertz CT molecular complexity index is 1440. The SMILES string of the molecule is CC(C(=O)c1sc2c(-c3cccnc3)nc(C=NN)n2c1C=NN)[C@H]1NC(=O)[C@@H]1[C@@H](C)O[Si](C)(C)C(C)(C)C. The van der Waals surface area contributed by atoms with Crippen molar-refractivity contribution in [1.82, 2.24) is 19.7 Å². The second-order valence-corrected chi connectivity index (χ2v) is 17.1. The van der Waals surface area contributed by atoms with Crippen molar-refractivity contribution in [3.8, 4) is 11.3 Å². The Hall–Kier alpha value is -3.42. The molecule has 3 aromatic rings. The van der Waals surface area contributed by atoms with Crippen LogP contribution in [0.4, 0.5) is 0 Å². The molecule has 0 saturated carbocycles. The third-order valence-electron chi connectivity index (χ3n) is 7.82. The lowest BCUT2D eigenvalue weighted by molar-refractivity contribution is -0.141. The fourth-order valence-electron chi connectivity index (χ4n) is 4.65. The number of hydrogen-bond acceptors (Lipinski definition) is 10. The summed E-state index contributed by atoms with van der Waals surface area (Å²) < 4.78 is 8.30. The third-order valence-corrected chi connectivity index (χ3v) is 13.6. The summed E-state index contributed by atoms with van der Waals surface area (Å²) >= 11 is 1.28. The molecule has 5 N–H and O–H groups in total. The zero-order chi connectivity index (χ0) is 28.7.